The topological polar surface area (TPSA) is 54.9 Å². The van der Waals surface area contributed by atoms with E-state index < -0.39 is 11.7 Å². The molecular formula is C13H11BrFN3O. The number of aryl methyl sites for hydroxylation is 2. The van der Waals surface area contributed by atoms with Crippen LogP contribution in [-0.2, 0) is 0 Å². The molecule has 0 atom stereocenters. The number of benzene rings is 1. The van der Waals surface area contributed by atoms with Gasteiger partial charge in [-0.2, -0.15) is 0 Å². The molecule has 0 fully saturated rings. The fourth-order valence-corrected chi connectivity index (χ4v) is 2.18. The minimum absolute atomic E-state index is 0.0646. The molecule has 6 heteroatoms. The third kappa shape index (κ3) is 3.14. The first-order valence-electron chi connectivity index (χ1n) is 5.55. The Hall–Kier alpha value is -1.82. The molecule has 98 valence electrons. The summed E-state index contributed by atoms with van der Waals surface area (Å²) in [5, 5.41) is 2.49. The molecule has 1 heterocycles. The second kappa shape index (κ2) is 5.44. The van der Waals surface area contributed by atoms with Gasteiger partial charge in [0.1, 0.15) is 5.82 Å². The quantitative estimate of drug-likeness (QED) is 0.923. The van der Waals surface area contributed by atoms with Gasteiger partial charge in [-0.1, -0.05) is 6.07 Å². The molecule has 0 aliphatic heterocycles. The Bertz CT molecular complexity index is 605. The van der Waals surface area contributed by atoms with Crippen molar-refractivity contribution in [3.63, 3.8) is 0 Å². The van der Waals surface area contributed by atoms with Crippen LogP contribution >= 0.6 is 15.9 Å². The lowest BCUT2D eigenvalue weighted by atomic mass is 10.2. The van der Waals surface area contributed by atoms with Crippen molar-refractivity contribution < 1.29 is 9.18 Å². The van der Waals surface area contributed by atoms with Gasteiger partial charge in [-0.05, 0) is 48.0 Å². The van der Waals surface area contributed by atoms with Crippen molar-refractivity contribution in [1.82, 2.24) is 9.97 Å². The Morgan fingerprint density at radius 3 is 2.47 bits per heavy atom. The number of nitrogens with one attached hydrogen (secondary N) is 1. The minimum Gasteiger partial charge on any atom is -0.290 e. The van der Waals surface area contributed by atoms with Gasteiger partial charge in [0.15, 0.2) is 0 Å². The molecule has 4 nitrogen and oxygen atoms in total. The molecule has 0 aliphatic carbocycles. The lowest BCUT2D eigenvalue weighted by Crippen LogP contribution is -2.17. The van der Waals surface area contributed by atoms with Gasteiger partial charge in [-0.15, -0.1) is 0 Å². The summed E-state index contributed by atoms with van der Waals surface area (Å²) >= 11 is 3.15. The van der Waals surface area contributed by atoms with Crippen LogP contribution in [0.25, 0.3) is 0 Å². The maximum Gasteiger partial charge on any atom is 0.262 e. The minimum atomic E-state index is -0.601. The van der Waals surface area contributed by atoms with Gasteiger partial charge in [0.25, 0.3) is 5.91 Å². The van der Waals surface area contributed by atoms with E-state index in [-0.39, 0.29) is 11.5 Å². The van der Waals surface area contributed by atoms with Gasteiger partial charge >= 0.3 is 0 Å². The number of amides is 1. The van der Waals surface area contributed by atoms with Crippen LogP contribution in [0.1, 0.15) is 21.7 Å². The first-order valence-corrected chi connectivity index (χ1v) is 6.34. The average molecular weight is 324 g/mol. The highest BCUT2D eigenvalue weighted by molar-refractivity contribution is 9.10. The van der Waals surface area contributed by atoms with Crippen LogP contribution < -0.4 is 5.32 Å². The number of nitrogens with zero attached hydrogens (tertiary/aromatic N) is 2. The number of hydrogen-bond acceptors (Lipinski definition) is 3. The maximum atomic E-state index is 13.6. The van der Waals surface area contributed by atoms with Crippen molar-refractivity contribution in [2.75, 3.05) is 5.32 Å². The molecular weight excluding hydrogens is 313 g/mol. The van der Waals surface area contributed by atoms with Gasteiger partial charge in [-0.3, -0.25) is 10.1 Å². The summed E-state index contributed by atoms with van der Waals surface area (Å²) in [6, 6.07) is 6.13. The molecule has 0 saturated carbocycles. The fourth-order valence-electron chi connectivity index (χ4n) is 1.66. The zero-order valence-corrected chi connectivity index (χ0v) is 12.0. The molecule has 1 N–H and O–H groups in total. The monoisotopic (exact) mass is 323 g/mol. The van der Waals surface area contributed by atoms with Crippen LogP contribution in [0.5, 0.6) is 0 Å². The van der Waals surface area contributed by atoms with Crippen molar-refractivity contribution in [2.24, 2.45) is 0 Å². The number of carbonyl (C=O) groups excluding carboxylic acids is 1. The highest BCUT2D eigenvalue weighted by Gasteiger charge is 2.16. The Balaban J connectivity index is 2.31. The predicted octanol–water partition coefficient (Wildman–Crippen LogP) is 3.25. The van der Waals surface area contributed by atoms with E-state index in [9.17, 15) is 9.18 Å². The van der Waals surface area contributed by atoms with Crippen LogP contribution in [0.15, 0.2) is 28.7 Å². The lowest BCUT2D eigenvalue weighted by Gasteiger charge is -2.07. The van der Waals surface area contributed by atoms with Crippen LogP contribution in [-0.4, -0.2) is 15.9 Å². The Labute approximate surface area is 118 Å². The standard InChI is InChI=1S/C13H11BrFN3O/c1-7-6-8(2)17-13(16-7)18-12(19)11-9(14)4-3-5-10(11)15/h3-6H,1-2H3,(H,16,17,18,19). The highest BCUT2D eigenvalue weighted by atomic mass is 79.9. The van der Waals surface area contributed by atoms with Crippen molar-refractivity contribution in [2.45, 2.75) is 13.8 Å². The molecule has 0 saturated heterocycles. The zero-order valence-electron chi connectivity index (χ0n) is 10.4. The Morgan fingerprint density at radius 1 is 1.26 bits per heavy atom. The van der Waals surface area contributed by atoms with E-state index in [1.165, 1.54) is 12.1 Å². The molecule has 0 aliphatic rings. The maximum absolute atomic E-state index is 13.6. The molecule has 0 radical (unpaired) electrons. The number of aromatic nitrogens is 2. The van der Waals surface area contributed by atoms with Crippen LogP contribution in [0.2, 0.25) is 0 Å². The molecule has 1 amide bonds. The number of carbonyl (C=O) groups is 1. The van der Waals surface area contributed by atoms with E-state index in [0.717, 1.165) is 11.4 Å². The predicted molar refractivity (Wildman–Crippen MR) is 73.6 cm³/mol. The summed E-state index contributed by atoms with van der Waals surface area (Å²) in [5.74, 6) is -1.02. The molecule has 1 aromatic heterocycles. The Morgan fingerprint density at radius 2 is 1.89 bits per heavy atom. The molecule has 2 rings (SSSR count). The largest absolute Gasteiger partial charge is 0.290 e. The van der Waals surface area contributed by atoms with Gasteiger partial charge in [0, 0.05) is 15.9 Å². The third-order valence-electron chi connectivity index (χ3n) is 2.40. The van der Waals surface area contributed by atoms with E-state index in [1.54, 1.807) is 26.0 Å². The SMILES string of the molecule is Cc1cc(C)nc(NC(=O)c2c(F)cccc2Br)n1. The molecule has 2 aromatic rings. The van der Waals surface area contributed by atoms with Crippen molar-refractivity contribution in [3.8, 4) is 0 Å². The van der Waals surface area contributed by atoms with E-state index >= 15 is 0 Å². The first-order chi connectivity index (χ1) is 8.97. The van der Waals surface area contributed by atoms with Gasteiger partial charge < -0.3 is 0 Å². The van der Waals surface area contributed by atoms with Gasteiger partial charge in [0.05, 0.1) is 5.56 Å². The Kier molecular flexibility index (Phi) is 3.90. The molecule has 1 aromatic carbocycles. The highest BCUT2D eigenvalue weighted by Crippen LogP contribution is 2.20. The van der Waals surface area contributed by atoms with Crippen LogP contribution in [0, 0.1) is 19.7 Å². The average Bonchev–Trinajstić information content (AvgIpc) is 2.26. The van der Waals surface area contributed by atoms with Crippen LogP contribution in [0.3, 0.4) is 0 Å². The summed E-state index contributed by atoms with van der Waals surface area (Å²) in [6.07, 6.45) is 0. The number of hydrogen-bond donors (Lipinski definition) is 1. The van der Waals surface area contributed by atoms with Crippen molar-refractivity contribution in [3.05, 3.63) is 51.5 Å². The summed E-state index contributed by atoms with van der Waals surface area (Å²) in [4.78, 5) is 20.2. The third-order valence-corrected chi connectivity index (χ3v) is 3.06. The molecule has 0 spiro atoms. The molecule has 19 heavy (non-hydrogen) atoms. The number of halogens is 2. The van der Waals surface area contributed by atoms with E-state index in [2.05, 4.69) is 31.2 Å². The number of anilines is 1. The smallest absolute Gasteiger partial charge is 0.262 e. The van der Waals surface area contributed by atoms with Crippen molar-refractivity contribution in [1.29, 1.82) is 0 Å². The summed E-state index contributed by atoms with van der Waals surface area (Å²) in [7, 11) is 0. The summed E-state index contributed by atoms with van der Waals surface area (Å²) < 4.78 is 14.0. The van der Waals surface area contributed by atoms with Gasteiger partial charge in [0.2, 0.25) is 5.95 Å². The van der Waals surface area contributed by atoms with Crippen molar-refractivity contribution >= 4 is 27.8 Å². The lowest BCUT2D eigenvalue weighted by molar-refractivity contribution is 0.102. The van der Waals surface area contributed by atoms with E-state index in [0.29, 0.717) is 4.47 Å². The first kappa shape index (κ1) is 13.6. The van der Waals surface area contributed by atoms with Crippen LogP contribution in [0.4, 0.5) is 10.3 Å². The fraction of sp³-hybridized carbons (Fsp3) is 0.154. The second-order valence-electron chi connectivity index (χ2n) is 4.03. The second-order valence-corrected chi connectivity index (χ2v) is 4.88. The number of rotatable bonds is 2. The molecule has 0 unspecified atom stereocenters. The molecule has 0 bridgehead atoms. The van der Waals surface area contributed by atoms with Gasteiger partial charge in [-0.25, -0.2) is 14.4 Å². The summed E-state index contributed by atoms with van der Waals surface area (Å²) in [5.41, 5.74) is 1.40. The zero-order chi connectivity index (χ0) is 14.0. The summed E-state index contributed by atoms with van der Waals surface area (Å²) in [6.45, 7) is 3.59. The van der Waals surface area contributed by atoms with E-state index in [4.69, 9.17) is 0 Å². The van der Waals surface area contributed by atoms with E-state index in [1.807, 2.05) is 0 Å². The normalized spacial score (nSPS) is 10.3.